The van der Waals surface area contributed by atoms with Gasteiger partial charge in [-0.15, -0.1) is 0 Å². The van der Waals surface area contributed by atoms with E-state index in [1.807, 2.05) is 19.2 Å². The molecule has 3 nitrogen and oxygen atoms in total. The summed E-state index contributed by atoms with van der Waals surface area (Å²) in [6.07, 6.45) is 1.22. The Hall–Kier alpha value is -0.420. The van der Waals surface area contributed by atoms with Gasteiger partial charge in [-0.3, -0.25) is 0 Å². The molecule has 1 aliphatic heterocycles. The highest BCUT2D eigenvalue weighted by Gasteiger charge is 2.19. The third-order valence-electron chi connectivity index (χ3n) is 3.17. The van der Waals surface area contributed by atoms with E-state index in [0.717, 1.165) is 37.3 Å². The van der Waals surface area contributed by atoms with E-state index in [2.05, 4.69) is 33.4 Å². The van der Waals surface area contributed by atoms with E-state index in [0.29, 0.717) is 5.92 Å². The summed E-state index contributed by atoms with van der Waals surface area (Å²) in [5, 5.41) is 3.19. The van der Waals surface area contributed by atoms with Gasteiger partial charge >= 0.3 is 0 Å². The summed E-state index contributed by atoms with van der Waals surface area (Å²) in [7, 11) is 1.95. The fourth-order valence-electron chi connectivity index (χ4n) is 2.13. The van der Waals surface area contributed by atoms with Gasteiger partial charge in [0.05, 0.1) is 19.3 Å². The fraction of sp³-hybridized carbons (Fsp3) is 0.571. The smallest absolute Gasteiger partial charge is 0.0949 e. The van der Waals surface area contributed by atoms with Crippen molar-refractivity contribution in [3.05, 3.63) is 34.3 Å². The molecule has 1 saturated heterocycles. The fourth-order valence-corrected chi connectivity index (χ4v) is 2.55. The lowest BCUT2D eigenvalue weighted by atomic mass is 10.1. The first-order valence-electron chi connectivity index (χ1n) is 6.39. The van der Waals surface area contributed by atoms with Gasteiger partial charge in [0.15, 0.2) is 0 Å². The minimum absolute atomic E-state index is 0.105. The van der Waals surface area contributed by atoms with Crippen LogP contribution in [-0.4, -0.2) is 33.4 Å². The van der Waals surface area contributed by atoms with Crippen LogP contribution in [0.5, 0.6) is 0 Å². The Morgan fingerprint density at radius 1 is 1.56 bits per heavy atom. The van der Waals surface area contributed by atoms with Gasteiger partial charge in [0.25, 0.3) is 0 Å². The second kappa shape index (κ2) is 7.24. The third kappa shape index (κ3) is 4.05. The minimum Gasteiger partial charge on any atom is -0.381 e. The number of rotatable bonds is 6. The summed E-state index contributed by atoms with van der Waals surface area (Å²) >= 11 is 3.50. The molecule has 0 saturated carbocycles. The third-order valence-corrected chi connectivity index (χ3v) is 3.66. The van der Waals surface area contributed by atoms with Crippen molar-refractivity contribution in [3.8, 4) is 0 Å². The van der Waals surface area contributed by atoms with Crippen LogP contribution in [0, 0.1) is 5.92 Å². The van der Waals surface area contributed by atoms with Crippen LogP contribution in [0.3, 0.4) is 0 Å². The molecule has 0 aromatic heterocycles. The van der Waals surface area contributed by atoms with E-state index in [1.165, 1.54) is 5.56 Å². The molecule has 0 aliphatic carbocycles. The second-order valence-electron chi connectivity index (χ2n) is 4.66. The van der Waals surface area contributed by atoms with Crippen molar-refractivity contribution in [2.24, 2.45) is 5.92 Å². The Morgan fingerprint density at radius 3 is 3.11 bits per heavy atom. The van der Waals surface area contributed by atoms with Crippen molar-refractivity contribution in [3.63, 3.8) is 0 Å². The minimum atomic E-state index is 0.105. The largest absolute Gasteiger partial charge is 0.381 e. The molecule has 100 valence electrons. The molecule has 1 fully saturated rings. The number of nitrogens with one attached hydrogen (secondary N) is 1. The molecule has 2 unspecified atom stereocenters. The van der Waals surface area contributed by atoms with E-state index < -0.39 is 0 Å². The molecule has 0 radical (unpaired) electrons. The standard InChI is InChI=1S/C14H20BrNO2/c1-16-8-14(12-3-2-4-13(15)7-12)18-10-11-5-6-17-9-11/h2-4,7,11,14,16H,5-6,8-10H2,1H3. The highest BCUT2D eigenvalue weighted by Crippen LogP contribution is 2.23. The van der Waals surface area contributed by atoms with Crippen molar-refractivity contribution < 1.29 is 9.47 Å². The SMILES string of the molecule is CNCC(OCC1CCOC1)c1cccc(Br)c1. The number of hydrogen-bond acceptors (Lipinski definition) is 3. The summed E-state index contributed by atoms with van der Waals surface area (Å²) in [4.78, 5) is 0. The Labute approximate surface area is 117 Å². The van der Waals surface area contributed by atoms with E-state index in [1.54, 1.807) is 0 Å². The number of benzene rings is 1. The van der Waals surface area contributed by atoms with E-state index in [9.17, 15) is 0 Å². The lowest BCUT2D eigenvalue weighted by Gasteiger charge is -2.20. The summed E-state index contributed by atoms with van der Waals surface area (Å²) in [5.74, 6) is 0.552. The molecule has 1 N–H and O–H groups in total. The Balaban J connectivity index is 1.94. The van der Waals surface area contributed by atoms with Gasteiger partial charge in [-0.05, 0) is 31.2 Å². The molecule has 2 atom stereocenters. The first-order chi connectivity index (χ1) is 8.79. The van der Waals surface area contributed by atoms with Crippen LogP contribution >= 0.6 is 15.9 Å². The zero-order valence-electron chi connectivity index (χ0n) is 10.7. The predicted molar refractivity (Wildman–Crippen MR) is 75.7 cm³/mol. The normalized spacial score (nSPS) is 21.1. The maximum atomic E-state index is 6.04. The topological polar surface area (TPSA) is 30.5 Å². The van der Waals surface area contributed by atoms with Crippen molar-refractivity contribution in [2.45, 2.75) is 12.5 Å². The van der Waals surface area contributed by atoms with Crippen LogP contribution in [0.25, 0.3) is 0 Å². The van der Waals surface area contributed by atoms with Gasteiger partial charge in [-0.2, -0.15) is 0 Å². The Morgan fingerprint density at radius 2 is 2.44 bits per heavy atom. The first-order valence-corrected chi connectivity index (χ1v) is 7.18. The van der Waals surface area contributed by atoms with Crippen molar-refractivity contribution in [1.82, 2.24) is 5.32 Å². The zero-order chi connectivity index (χ0) is 12.8. The summed E-state index contributed by atoms with van der Waals surface area (Å²) in [5.41, 5.74) is 1.21. The van der Waals surface area contributed by atoms with E-state index in [4.69, 9.17) is 9.47 Å². The number of likely N-dealkylation sites (N-methyl/N-ethyl adjacent to an activating group) is 1. The summed E-state index contributed by atoms with van der Waals surface area (Å²) in [6, 6.07) is 8.31. The number of halogens is 1. The van der Waals surface area contributed by atoms with Crippen molar-refractivity contribution >= 4 is 15.9 Å². The maximum absolute atomic E-state index is 6.04. The van der Waals surface area contributed by atoms with Gasteiger partial charge in [-0.25, -0.2) is 0 Å². The molecule has 0 amide bonds. The monoisotopic (exact) mass is 313 g/mol. The lowest BCUT2D eigenvalue weighted by Crippen LogP contribution is -2.22. The number of hydrogen-bond donors (Lipinski definition) is 1. The molecular formula is C14H20BrNO2. The van der Waals surface area contributed by atoms with Gasteiger partial charge in [0.2, 0.25) is 0 Å². The van der Waals surface area contributed by atoms with Gasteiger partial charge in [-0.1, -0.05) is 28.1 Å². The lowest BCUT2D eigenvalue weighted by molar-refractivity contribution is 0.0264. The highest BCUT2D eigenvalue weighted by atomic mass is 79.9. The van der Waals surface area contributed by atoms with Crippen LogP contribution in [0.1, 0.15) is 18.1 Å². The molecule has 1 heterocycles. The van der Waals surface area contributed by atoms with Crippen LogP contribution in [0.15, 0.2) is 28.7 Å². The first kappa shape index (κ1) is 14.0. The Kier molecular flexibility index (Phi) is 5.63. The van der Waals surface area contributed by atoms with Gasteiger partial charge in [0.1, 0.15) is 0 Å². The maximum Gasteiger partial charge on any atom is 0.0949 e. The summed E-state index contributed by atoms with van der Waals surface area (Å²) < 4.78 is 12.5. The molecule has 4 heteroatoms. The van der Waals surface area contributed by atoms with Crippen LogP contribution in [0.4, 0.5) is 0 Å². The van der Waals surface area contributed by atoms with Crippen molar-refractivity contribution in [1.29, 1.82) is 0 Å². The quantitative estimate of drug-likeness (QED) is 0.876. The molecule has 1 aromatic rings. The molecule has 0 bridgehead atoms. The Bertz CT molecular complexity index is 367. The molecule has 1 aliphatic rings. The summed E-state index contributed by atoms with van der Waals surface area (Å²) in [6.45, 7) is 3.31. The molecule has 0 spiro atoms. The second-order valence-corrected chi connectivity index (χ2v) is 5.58. The number of ether oxygens (including phenoxy) is 2. The molecule has 1 aromatic carbocycles. The van der Waals surface area contributed by atoms with Crippen LogP contribution < -0.4 is 5.32 Å². The molecular weight excluding hydrogens is 294 g/mol. The van der Waals surface area contributed by atoms with Gasteiger partial charge < -0.3 is 14.8 Å². The molecule has 2 rings (SSSR count). The highest BCUT2D eigenvalue weighted by molar-refractivity contribution is 9.10. The molecule has 18 heavy (non-hydrogen) atoms. The van der Waals surface area contributed by atoms with E-state index >= 15 is 0 Å². The predicted octanol–water partition coefficient (Wildman–Crippen LogP) is 2.76. The van der Waals surface area contributed by atoms with Crippen LogP contribution in [0.2, 0.25) is 0 Å². The van der Waals surface area contributed by atoms with E-state index in [-0.39, 0.29) is 6.10 Å². The average Bonchev–Trinajstić information content (AvgIpc) is 2.87. The zero-order valence-corrected chi connectivity index (χ0v) is 12.3. The van der Waals surface area contributed by atoms with Gasteiger partial charge in [0, 0.05) is 23.5 Å². The average molecular weight is 314 g/mol. The van der Waals surface area contributed by atoms with Crippen molar-refractivity contribution in [2.75, 3.05) is 33.4 Å². The van der Waals surface area contributed by atoms with Crippen LogP contribution in [-0.2, 0) is 9.47 Å².